The molecule has 1 aromatic carbocycles. The summed E-state index contributed by atoms with van der Waals surface area (Å²) in [5.41, 5.74) is 1.92. The third kappa shape index (κ3) is 4.47. The normalized spacial score (nSPS) is 16.0. The minimum absolute atomic E-state index is 0.0545. The van der Waals surface area contributed by atoms with Gasteiger partial charge in [-0.3, -0.25) is 14.0 Å². The number of amides is 1. The molecule has 3 aromatic rings. The van der Waals surface area contributed by atoms with Gasteiger partial charge in [-0.2, -0.15) is 0 Å². The molecule has 1 N–H and O–H groups in total. The molecule has 0 bridgehead atoms. The second kappa shape index (κ2) is 9.44. The Balaban J connectivity index is 1.57. The zero-order valence-corrected chi connectivity index (χ0v) is 17.7. The molecule has 168 valence electrons. The van der Waals surface area contributed by atoms with Gasteiger partial charge in [0.1, 0.15) is 29.6 Å². The van der Waals surface area contributed by atoms with Crippen molar-refractivity contribution in [3.63, 3.8) is 0 Å². The van der Waals surface area contributed by atoms with Crippen molar-refractivity contribution in [3.05, 3.63) is 65.6 Å². The van der Waals surface area contributed by atoms with E-state index in [0.717, 1.165) is 24.2 Å². The predicted molar refractivity (Wildman–Crippen MR) is 115 cm³/mol. The SMILES string of the molecule is CCOCC(=O)CNC(=O)c1cnc2ccc(N3CCCC3c3cc(F)ccc3F)cn12. The van der Waals surface area contributed by atoms with Crippen LogP contribution in [-0.4, -0.2) is 47.4 Å². The summed E-state index contributed by atoms with van der Waals surface area (Å²) < 4.78 is 34.9. The number of hydrogen-bond donors (Lipinski definition) is 1. The zero-order chi connectivity index (χ0) is 22.7. The summed E-state index contributed by atoms with van der Waals surface area (Å²) in [4.78, 5) is 30.6. The molecular weight excluding hydrogens is 418 g/mol. The van der Waals surface area contributed by atoms with Crippen LogP contribution in [0.15, 0.2) is 42.7 Å². The van der Waals surface area contributed by atoms with Gasteiger partial charge >= 0.3 is 0 Å². The Morgan fingerprint density at radius 2 is 2.09 bits per heavy atom. The number of rotatable bonds is 8. The summed E-state index contributed by atoms with van der Waals surface area (Å²) in [6.45, 7) is 2.69. The third-order valence-electron chi connectivity index (χ3n) is 5.54. The molecular formula is C23H24F2N4O3. The van der Waals surface area contributed by atoms with Crippen LogP contribution in [0.5, 0.6) is 0 Å². The highest BCUT2D eigenvalue weighted by Crippen LogP contribution is 2.37. The molecule has 0 spiro atoms. The van der Waals surface area contributed by atoms with E-state index < -0.39 is 17.5 Å². The number of ketones is 1. The van der Waals surface area contributed by atoms with Gasteiger partial charge < -0.3 is 15.0 Å². The zero-order valence-electron chi connectivity index (χ0n) is 17.7. The number of carbonyl (C=O) groups excluding carboxylic acids is 2. The van der Waals surface area contributed by atoms with Crippen LogP contribution in [-0.2, 0) is 9.53 Å². The quantitative estimate of drug-likeness (QED) is 0.580. The Kier molecular flexibility index (Phi) is 6.45. The first-order valence-corrected chi connectivity index (χ1v) is 10.5. The lowest BCUT2D eigenvalue weighted by Crippen LogP contribution is -2.32. The van der Waals surface area contributed by atoms with Crippen molar-refractivity contribution in [2.75, 3.05) is 31.2 Å². The summed E-state index contributed by atoms with van der Waals surface area (Å²) in [5, 5.41) is 2.59. The van der Waals surface area contributed by atoms with E-state index >= 15 is 0 Å². The number of fused-ring (bicyclic) bond motifs is 1. The fourth-order valence-electron chi connectivity index (χ4n) is 4.01. The number of ether oxygens (including phenoxy) is 1. The molecule has 3 heterocycles. The van der Waals surface area contributed by atoms with E-state index in [0.29, 0.717) is 30.8 Å². The van der Waals surface area contributed by atoms with E-state index in [1.807, 2.05) is 11.0 Å². The van der Waals surface area contributed by atoms with E-state index in [1.54, 1.807) is 23.6 Å². The minimum Gasteiger partial charge on any atom is -0.374 e. The van der Waals surface area contributed by atoms with Crippen molar-refractivity contribution in [2.24, 2.45) is 0 Å². The van der Waals surface area contributed by atoms with Gasteiger partial charge in [0.2, 0.25) is 0 Å². The average Bonchev–Trinajstić information content (AvgIpc) is 3.44. The Morgan fingerprint density at radius 3 is 2.91 bits per heavy atom. The van der Waals surface area contributed by atoms with E-state index in [4.69, 9.17) is 4.74 Å². The largest absolute Gasteiger partial charge is 0.374 e. The lowest BCUT2D eigenvalue weighted by Gasteiger charge is -2.27. The molecule has 1 amide bonds. The molecule has 7 nitrogen and oxygen atoms in total. The standard InChI is InChI=1S/C23H24F2N4O3/c1-2-32-14-17(30)11-27-23(31)21-12-26-22-8-6-16(13-29(21)22)28-9-3-4-20(28)18-10-15(24)5-7-19(18)25/h5-8,10,12-13,20H,2-4,9,11,14H2,1H3,(H,27,31). The molecule has 0 aliphatic carbocycles. The summed E-state index contributed by atoms with van der Waals surface area (Å²) >= 11 is 0. The van der Waals surface area contributed by atoms with Crippen LogP contribution in [0.2, 0.25) is 0 Å². The second-order valence-corrected chi connectivity index (χ2v) is 7.63. The van der Waals surface area contributed by atoms with Crippen LogP contribution in [0, 0.1) is 11.6 Å². The van der Waals surface area contributed by atoms with Crippen molar-refractivity contribution in [2.45, 2.75) is 25.8 Å². The number of hydrogen-bond acceptors (Lipinski definition) is 5. The highest BCUT2D eigenvalue weighted by atomic mass is 19.1. The first-order chi connectivity index (χ1) is 15.5. The number of Topliss-reactive ketones (excluding diaryl/α,β-unsaturated/α-hetero) is 1. The van der Waals surface area contributed by atoms with Gasteiger partial charge in [-0.05, 0) is 50.1 Å². The Morgan fingerprint density at radius 1 is 1.25 bits per heavy atom. The second-order valence-electron chi connectivity index (χ2n) is 7.63. The van der Waals surface area contributed by atoms with Gasteiger partial charge in [0.15, 0.2) is 5.78 Å². The van der Waals surface area contributed by atoms with Crippen LogP contribution in [0.4, 0.5) is 14.5 Å². The van der Waals surface area contributed by atoms with Gasteiger partial charge in [-0.15, -0.1) is 0 Å². The Hall–Kier alpha value is -3.33. The maximum atomic E-state index is 14.4. The van der Waals surface area contributed by atoms with Crippen LogP contribution in [0.3, 0.4) is 0 Å². The fraction of sp³-hybridized carbons (Fsp3) is 0.348. The van der Waals surface area contributed by atoms with Gasteiger partial charge in [-0.25, -0.2) is 13.8 Å². The average molecular weight is 442 g/mol. The van der Waals surface area contributed by atoms with E-state index in [2.05, 4.69) is 10.3 Å². The molecule has 0 saturated carbocycles. The van der Waals surface area contributed by atoms with Gasteiger partial charge in [0.25, 0.3) is 5.91 Å². The number of imidazole rings is 1. The predicted octanol–water partition coefficient (Wildman–Crippen LogP) is 3.29. The molecule has 32 heavy (non-hydrogen) atoms. The Bertz CT molecular complexity index is 1150. The summed E-state index contributed by atoms with van der Waals surface area (Å²) in [7, 11) is 0. The molecule has 1 aliphatic rings. The summed E-state index contributed by atoms with van der Waals surface area (Å²) in [5.74, 6) is -1.58. The maximum Gasteiger partial charge on any atom is 0.270 e. The van der Waals surface area contributed by atoms with Gasteiger partial charge in [0.05, 0.1) is 24.5 Å². The third-order valence-corrected chi connectivity index (χ3v) is 5.54. The fourth-order valence-corrected chi connectivity index (χ4v) is 4.01. The number of benzene rings is 1. The first kappa shape index (κ1) is 21.9. The van der Waals surface area contributed by atoms with Crippen molar-refractivity contribution < 1.29 is 23.1 Å². The van der Waals surface area contributed by atoms with E-state index in [1.165, 1.54) is 12.3 Å². The lowest BCUT2D eigenvalue weighted by atomic mass is 10.0. The van der Waals surface area contributed by atoms with Gasteiger partial charge in [-0.1, -0.05) is 0 Å². The van der Waals surface area contributed by atoms with Crippen LogP contribution >= 0.6 is 0 Å². The molecule has 0 radical (unpaired) electrons. The summed E-state index contributed by atoms with van der Waals surface area (Å²) in [6.07, 6.45) is 4.72. The molecule has 1 fully saturated rings. The molecule has 1 aliphatic heterocycles. The summed E-state index contributed by atoms with van der Waals surface area (Å²) in [6, 6.07) is 6.82. The number of anilines is 1. The first-order valence-electron chi connectivity index (χ1n) is 10.5. The molecule has 1 unspecified atom stereocenters. The van der Waals surface area contributed by atoms with Crippen molar-refractivity contribution in [1.82, 2.24) is 14.7 Å². The molecule has 4 rings (SSSR count). The Labute approximate surface area is 184 Å². The van der Waals surface area contributed by atoms with Crippen molar-refractivity contribution in [1.29, 1.82) is 0 Å². The molecule has 2 aromatic heterocycles. The maximum absolute atomic E-state index is 14.4. The van der Waals surface area contributed by atoms with E-state index in [9.17, 15) is 18.4 Å². The highest BCUT2D eigenvalue weighted by Gasteiger charge is 2.29. The number of nitrogens with one attached hydrogen (secondary N) is 1. The van der Waals surface area contributed by atoms with Crippen LogP contribution in [0.1, 0.15) is 41.9 Å². The number of aromatic nitrogens is 2. The topological polar surface area (TPSA) is 75.9 Å². The van der Waals surface area contributed by atoms with E-state index in [-0.39, 0.29) is 30.7 Å². The van der Waals surface area contributed by atoms with Gasteiger partial charge in [0, 0.05) is 24.9 Å². The number of carbonyl (C=O) groups is 2. The number of nitrogens with zero attached hydrogens (tertiary/aromatic N) is 3. The smallest absolute Gasteiger partial charge is 0.270 e. The monoisotopic (exact) mass is 442 g/mol. The lowest BCUT2D eigenvalue weighted by molar-refractivity contribution is -0.122. The van der Waals surface area contributed by atoms with Crippen LogP contribution in [0.25, 0.3) is 5.65 Å². The highest BCUT2D eigenvalue weighted by molar-refractivity contribution is 5.96. The molecule has 9 heteroatoms. The number of pyridine rings is 1. The van der Waals surface area contributed by atoms with Crippen molar-refractivity contribution >= 4 is 23.0 Å². The van der Waals surface area contributed by atoms with Crippen molar-refractivity contribution in [3.8, 4) is 0 Å². The minimum atomic E-state index is -0.476. The van der Waals surface area contributed by atoms with Crippen LogP contribution < -0.4 is 10.2 Å². The number of halogens is 2. The molecule has 1 saturated heterocycles. The molecule has 1 atom stereocenters.